The van der Waals surface area contributed by atoms with Crippen LogP contribution in [0.1, 0.15) is 45.1 Å². The molecule has 6 rings (SSSR count). The topological polar surface area (TPSA) is 81.2 Å². The third-order valence-corrected chi connectivity index (χ3v) is 9.62. The SMILES string of the molecule is CC(=O)c1ccc(OCCc2ccc(CN3CCN(C(=O)/C=C/c4cc(C)c(Oc5ccc(OCc6ccccc6Cl)cn5)c(Cl)c4)CC3)cc2)cc1. The van der Waals surface area contributed by atoms with Gasteiger partial charge in [-0.25, -0.2) is 4.98 Å². The van der Waals surface area contributed by atoms with Crippen LogP contribution in [0.15, 0.2) is 109 Å². The maximum atomic E-state index is 13.1. The molecule has 0 saturated carbocycles. The number of nitrogens with zero attached hydrogens (tertiary/aromatic N) is 3. The molecule has 53 heavy (non-hydrogen) atoms. The number of hydrogen-bond donors (Lipinski definition) is 0. The van der Waals surface area contributed by atoms with Crippen molar-refractivity contribution in [1.29, 1.82) is 0 Å². The maximum absolute atomic E-state index is 13.1. The minimum Gasteiger partial charge on any atom is -0.493 e. The van der Waals surface area contributed by atoms with Gasteiger partial charge >= 0.3 is 0 Å². The molecule has 0 unspecified atom stereocenters. The second-order valence-electron chi connectivity index (χ2n) is 12.9. The van der Waals surface area contributed by atoms with Gasteiger partial charge in [-0.05, 0) is 90.7 Å². The van der Waals surface area contributed by atoms with Crippen LogP contribution >= 0.6 is 23.2 Å². The van der Waals surface area contributed by atoms with Crippen LogP contribution in [0.4, 0.5) is 0 Å². The number of rotatable bonds is 14. The zero-order valence-electron chi connectivity index (χ0n) is 29.8. The molecule has 1 aromatic heterocycles. The standard InChI is InChI=1S/C43H41Cl2N3O5/c1-30-25-34(26-40(45)43(30)53-41-17-16-38(27-46-41)52-29-36-5-3-4-6-39(36)44)11-18-42(50)48-22-20-47(21-23-48)28-33-9-7-32(8-10-33)19-24-51-37-14-12-35(13-15-37)31(2)49/h3-18,25-27H,19-24,28-29H2,1-2H3/b18-11+. The number of Topliss-reactive ketones (excluding diaryl/α,β-unsaturated/α-hetero) is 1. The minimum absolute atomic E-state index is 0.0267. The molecule has 4 aromatic carbocycles. The van der Waals surface area contributed by atoms with Gasteiger partial charge in [0.1, 0.15) is 18.1 Å². The molecule has 1 saturated heterocycles. The zero-order chi connectivity index (χ0) is 37.2. The van der Waals surface area contributed by atoms with Crippen molar-refractivity contribution in [2.24, 2.45) is 0 Å². The fraction of sp³-hybridized carbons (Fsp3) is 0.233. The smallest absolute Gasteiger partial charge is 0.246 e. The van der Waals surface area contributed by atoms with Crippen LogP contribution in [-0.2, 0) is 24.4 Å². The Morgan fingerprint density at radius 3 is 2.21 bits per heavy atom. The number of ketones is 1. The Labute approximate surface area is 320 Å². The number of carbonyl (C=O) groups is 2. The lowest BCUT2D eigenvalue weighted by atomic mass is 10.1. The maximum Gasteiger partial charge on any atom is 0.246 e. The van der Waals surface area contributed by atoms with E-state index in [1.165, 1.54) is 11.1 Å². The Morgan fingerprint density at radius 1 is 0.811 bits per heavy atom. The summed E-state index contributed by atoms with van der Waals surface area (Å²) in [6.45, 7) is 8.12. The van der Waals surface area contributed by atoms with Gasteiger partial charge in [0.25, 0.3) is 0 Å². The van der Waals surface area contributed by atoms with E-state index in [4.69, 9.17) is 37.4 Å². The zero-order valence-corrected chi connectivity index (χ0v) is 31.3. The number of amides is 1. The average Bonchev–Trinajstić information content (AvgIpc) is 3.16. The number of pyridine rings is 1. The number of hydrogen-bond acceptors (Lipinski definition) is 7. The van der Waals surface area contributed by atoms with Crippen LogP contribution in [0.25, 0.3) is 6.08 Å². The molecule has 1 fully saturated rings. The van der Waals surface area contributed by atoms with E-state index >= 15 is 0 Å². The minimum atomic E-state index is -0.0267. The highest BCUT2D eigenvalue weighted by molar-refractivity contribution is 6.32. The summed E-state index contributed by atoms with van der Waals surface area (Å²) in [6, 6.07) is 30.6. The lowest BCUT2D eigenvalue weighted by Crippen LogP contribution is -2.47. The first-order valence-electron chi connectivity index (χ1n) is 17.5. The summed E-state index contributed by atoms with van der Waals surface area (Å²) < 4.78 is 17.7. The summed E-state index contributed by atoms with van der Waals surface area (Å²) >= 11 is 12.8. The Balaban J connectivity index is 0.926. The molecular weight excluding hydrogens is 709 g/mol. The Morgan fingerprint density at radius 2 is 1.53 bits per heavy atom. The molecule has 0 aliphatic carbocycles. The predicted octanol–water partition coefficient (Wildman–Crippen LogP) is 9.25. The molecule has 0 N–H and O–H groups in total. The van der Waals surface area contributed by atoms with Gasteiger partial charge in [0.2, 0.25) is 11.8 Å². The molecule has 0 spiro atoms. The van der Waals surface area contributed by atoms with Gasteiger partial charge in [-0.1, -0.05) is 65.7 Å². The van der Waals surface area contributed by atoms with Gasteiger partial charge in [0.15, 0.2) is 11.5 Å². The number of aryl methyl sites for hydroxylation is 1. The van der Waals surface area contributed by atoms with Crippen molar-refractivity contribution in [2.75, 3.05) is 32.8 Å². The van der Waals surface area contributed by atoms with Crippen molar-refractivity contribution in [2.45, 2.75) is 33.4 Å². The number of benzene rings is 4. The van der Waals surface area contributed by atoms with Crippen LogP contribution in [0.5, 0.6) is 23.1 Å². The van der Waals surface area contributed by atoms with Gasteiger partial charge < -0.3 is 19.1 Å². The van der Waals surface area contributed by atoms with Crippen molar-refractivity contribution < 1.29 is 23.8 Å². The van der Waals surface area contributed by atoms with Crippen molar-refractivity contribution in [1.82, 2.24) is 14.8 Å². The Bertz CT molecular complexity index is 2020. The van der Waals surface area contributed by atoms with E-state index in [0.29, 0.717) is 59.3 Å². The van der Waals surface area contributed by atoms with Gasteiger partial charge in [-0.3, -0.25) is 14.5 Å². The summed E-state index contributed by atoms with van der Waals surface area (Å²) in [5.41, 5.74) is 5.63. The molecule has 1 aliphatic rings. The first kappa shape index (κ1) is 37.6. The van der Waals surface area contributed by atoms with Crippen LogP contribution in [0.2, 0.25) is 10.0 Å². The van der Waals surface area contributed by atoms with Crippen LogP contribution in [-0.4, -0.2) is 59.3 Å². The Hall–Kier alpha value is -5.15. The molecule has 1 aliphatic heterocycles. The quantitative estimate of drug-likeness (QED) is 0.0827. The number of halogens is 2. The van der Waals surface area contributed by atoms with Crippen LogP contribution in [0, 0.1) is 6.92 Å². The number of carbonyl (C=O) groups excluding carboxylic acids is 2. The molecule has 10 heteroatoms. The summed E-state index contributed by atoms with van der Waals surface area (Å²) in [5.74, 6) is 2.25. The van der Waals surface area contributed by atoms with Crippen molar-refractivity contribution >= 4 is 41.0 Å². The normalized spacial score (nSPS) is 13.2. The molecule has 8 nitrogen and oxygen atoms in total. The molecule has 0 radical (unpaired) electrons. The van der Waals surface area contributed by atoms with E-state index in [9.17, 15) is 9.59 Å². The molecule has 0 bridgehead atoms. The van der Waals surface area contributed by atoms with E-state index in [1.54, 1.807) is 55.6 Å². The monoisotopic (exact) mass is 749 g/mol. The molecule has 5 aromatic rings. The van der Waals surface area contributed by atoms with Crippen molar-refractivity contribution in [3.63, 3.8) is 0 Å². The first-order chi connectivity index (χ1) is 25.7. The fourth-order valence-electron chi connectivity index (χ4n) is 5.92. The van der Waals surface area contributed by atoms with Gasteiger partial charge in [0, 0.05) is 67.4 Å². The summed E-state index contributed by atoms with van der Waals surface area (Å²) in [5, 5.41) is 1.07. The van der Waals surface area contributed by atoms with Crippen molar-refractivity contribution in [3.05, 3.63) is 153 Å². The molecule has 0 atom stereocenters. The van der Waals surface area contributed by atoms with Crippen LogP contribution in [0.3, 0.4) is 0 Å². The van der Waals surface area contributed by atoms with Gasteiger partial charge in [-0.2, -0.15) is 0 Å². The number of ether oxygens (including phenoxy) is 3. The predicted molar refractivity (Wildman–Crippen MR) is 209 cm³/mol. The second kappa shape index (κ2) is 18.1. The average molecular weight is 751 g/mol. The van der Waals surface area contributed by atoms with E-state index in [-0.39, 0.29) is 11.7 Å². The van der Waals surface area contributed by atoms with E-state index in [1.807, 2.05) is 54.3 Å². The number of piperazine rings is 1. The second-order valence-corrected chi connectivity index (χ2v) is 13.7. The molecule has 272 valence electrons. The molecule has 2 heterocycles. The largest absolute Gasteiger partial charge is 0.493 e. The summed E-state index contributed by atoms with van der Waals surface area (Å²) in [7, 11) is 0. The highest BCUT2D eigenvalue weighted by Gasteiger charge is 2.20. The van der Waals surface area contributed by atoms with Crippen molar-refractivity contribution in [3.8, 4) is 23.1 Å². The van der Waals surface area contributed by atoms with E-state index < -0.39 is 0 Å². The van der Waals surface area contributed by atoms with Crippen LogP contribution < -0.4 is 14.2 Å². The number of aromatic nitrogens is 1. The summed E-state index contributed by atoms with van der Waals surface area (Å²) in [4.78, 5) is 33.1. The third-order valence-electron chi connectivity index (χ3n) is 8.97. The first-order valence-corrected chi connectivity index (χ1v) is 18.3. The van der Waals surface area contributed by atoms with E-state index in [2.05, 4.69) is 34.1 Å². The Kier molecular flexibility index (Phi) is 12.8. The fourth-order valence-corrected chi connectivity index (χ4v) is 6.42. The lowest BCUT2D eigenvalue weighted by molar-refractivity contribution is -0.127. The summed E-state index contributed by atoms with van der Waals surface area (Å²) in [6.07, 6.45) is 5.78. The molecular formula is C43H41Cl2N3O5. The third kappa shape index (κ3) is 10.7. The highest BCUT2D eigenvalue weighted by Crippen LogP contribution is 2.34. The highest BCUT2D eigenvalue weighted by atomic mass is 35.5. The molecule has 1 amide bonds. The van der Waals surface area contributed by atoms with Gasteiger partial charge in [0.05, 0.1) is 17.8 Å². The lowest BCUT2D eigenvalue weighted by Gasteiger charge is -2.34. The van der Waals surface area contributed by atoms with Gasteiger partial charge in [-0.15, -0.1) is 0 Å². The van der Waals surface area contributed by atoms with E-state index in [0.717, 1.165) is 48.5 Å².